The third-order valence-electron chi connectivity index (χ3n) is 2.91. The summed E-state index contributed by atoms with van der Waals surface area (Å²) in [4.78, 5) is 23.3. The van der Waals surface area contributed by atoms with Crippen LogP contribution < -0.4 is 10.1 Å². The lowest BCUT2D eigenvalue weighted by Gasteiger charge is -2.18. The van der Waals surface area contributed by atoms with E-state index in [0.29, 0.717) is 15.8 Å². The van der Waals surface area contributed by atoms with Crippen molar-refractivity contribution in [1.29, 1.82) is 0 Å². The Balaban J connectivity index is 2.95. The van der Waals surface area contributed by atoms with Gasteiger partial charge in [-0.3, -0.25) is 4.79 Å². The van der Waals surface area contributed by atoms with Gasteiger partial charge in [0, 0.05) is 7.11 Å². The minimum absolute atomic E-state index is 0.227. The molecule has 1 amide bonds. The lowest BCUT2D eigenvalue weighted by Crippen LogP contribution is -2.38. The van der Waals surface area contributed by atoms with Crippen LogP contribution in [0.5, 0.6) is 5.75 Å². The number of carboxylic acid groups (broad SMARTS) is 1. The van der Waals surface area contributed by atoms with Gasteiger partial charge < -0.3 is 19.9 Å². The Morgan fingerprint density at radius 1 is 1.38 bits per heavy atom. The number of rotatable bonds is 7. The van der Waals surface area contributed by atoms with Crippen molar-refractivity contribution in [3.05, 3.63) is 28.2 Å². The Morgan fingerprint density at radius 3 is 2.52 bits per heavy atom. The molecule has 0 bridgehead atoms. The second-order valence-electron chi connectivity index (χ2n) is 4.53. The lowest BCUT2D eigenvalue weighted by molar-refractivity contribution is -0.142. The molecule has 2 N–H and O–H groups in total. The van der Waals surface area contributed by atoms with Crippen molar-refractivity contribution in [3.63, 3.8) is 0 Å². The molecule has 2 atom stereocenters. The monoisotopic (exact) mass is 359 g/mol. The van der Waals surface area contributed by atoms with Crippen LogP contribution in [0.15, 0.2) is 22.7 Å². The van der Waals surface area contributed by atoms with Crippen molar-refractivity contribution in [2.45, 2.75) is 13.0 Å². The number of hydrogen-bond acceptors (Lipinski definition) is 4. The van der Waals surface area contributed by atoms with E-state index in [1.165, 1.54) is 14.2 Å². The number of carbonyl (C=O) groups excluding carboxylic acids is 1. The van der Waals surface area contributed by atoms with Crippen LogP contribution in [0.2, 0.25) is 0 Å². The smallest absolute Gasteiger partial charge is 0.330 e. The van der Waals surface area contributed by atoms with Crippen molar-refractivity contribution >= 4 is 27.8 Å². The summed E-state index contributed by atoms with van der Waals surface area (Å²) in [7, 11) is 3.00. The molecule has 0 heterocycles. The van der Waals surface area contributed by atoms with Gasteiger partial charge in [0.05, 0.1) is 24.1 Å². The SMILES string of the molecule is COCC(C)C(=O)NC(C(=O)O)c1ccc(OC)c(Br)c1. The average Bonchev–Trinajstić information content (AvgIpc) is 2.44. The van der Waals surface area contributed by atoms with Crippen LogP contribution in [-0.4, -0.2) is 37.8 Å². The van der Waals surface area contributed by atoms with E-state index < -0.39 is 17.9 Å². The zero-order chi connectivity index (χ0) is 16.0. The van der Waals surface area contributed by atoms with Gasteiger partial charge in [-0.2, -0.15) is 0 Å². The quantitative estimate of drug-likeness (QED) is 0.777. The second-order valence-corrected chi connectivity index (χ2v) is 5.38. The number of halogens is 1. The van der Waals surface area contributed by atoms with Gasteiger partial charge in [-0.05, 0) is 33.6 Å². The molecule has 0 aliphatic carbocycles. The number of aliphatic carboxylic acids is 1. The highest BCUT2D eigenvalue weighted by atomic mass is 79.9. The van der Waals surface area contributed by atoms with Crippen LogP contribution in [-0.2, 0) is 14.3 Å². The summed E-state index contributed by atoms with van der Waals surface area (Å²) in [6, 6.07) is 3.72. The van der Waals surface area contributed by atoms with Crippen LogP contribution in [0.4, 0.5) is 0 Å². The Labute approximate surface area is 131 Å². The van der Waals surface area contributed by atoms with Crippen LogP contribution >= 0.6 is 15.9 Å². The summed E-state index contributed by atoms with van der Waals surface area (Å²) < 4.78 is 10.6. The van der Waals surface area contributed by atoms with E-state index in [9.17, 15) is 14.7 Å². The zero-order valence-electron chi connectivity index (χ0n) is 12.1. The van der Waals surface area contributed by atoms with Gasteiger partial charge in [-0.15, -0.1) is 0 Å². The Morgan fingerprint density at radius 2 is 2.05 bits per heavy atom. The first-order chi connectivity index (χ1) is 9.90. The molecule has 1 rings (SSSR count). The molecule has 0 aliphatic heterocycles. The first-order valence-electron chi connectivity index (χ1n) is 6.26. The topological polar surface area (TPSA) is 84.9 Å². The van der Waals surface area contributed by atoms with Gasteiger partial charge in [0.25, 0.3) is 0 Å². The van der Waals surface area contributed by atoms with E-state index in [1.807, 2.05) is 0 Å². The Kier molecular flexibility index (Phi) is 6.64. The fraction of sp³-hybridized carbons (Fsp3) is 0.429. The number of carbonyl (C=O) groups is 2. The summed E-state index contributed by atoms with van der Waals surface area (Å²) in [5, 5.41) is 11.8. The minimum Gasteiger partial charge on any atom is -0.496 e. The maximum Gasteiger partial charge on any atom is 0.330 e. The number of benzene rings is 1. The molecule has 0 saturated carbocycles. The molecule has 0 radical (unpaired) electrons. The summed E-state index contributed by atoms with van der Waals surface area (Å²) >= 11 is 3.29. The number of carboxylic acids is 1. The summed E-state index contributed by atoms with van der Waals surface area (Å²) in [6.45, 7) is 1.90. The van der Waals surface area contributed by atoms with Crippen molar-refractivity contribution in [2.75, 3.05) is 20.8 Å². The van der Waals surface area contributed by atoms with Crippen molar-refractivity contribution in [3.8, 4) is 5.75 Å². The van der Waals surface area contributed by atoms with Gasteiger partial charge >= 0.3 is 5.97 Å². The van der Waals surface area contributed by atoms with Crippen molar-refractivity contribution in [1.82, 2.24) is 5.32 Å². The molecule has 0 spiro atoms. The molecule has 0 aromatic heterocycles. The molecule has 1 aromatic rings. The lowest BCUT2D eigenvalue weighted by atomic mass is 10.1. The number of methoxy groups -OCH3 is 2. The highest BCUT2D eigenvalue weighted by Gasteiger charge is 2.25. The molecule has 0 aliphatic rings. The molecular formula is C14H18BrNO5. The standard InChI is InChI=1S/C14H18BrNO5/c1-8(7-20-2)13(17)16-12(14(18)19)9-4-5-11(21-3)10(15)6-9/h4-6,8,12H,7H2,1-3H3,(H,16,17)(H,18,19). The third kappa shape index (κ3) is 4.71. The molecule has 0 fully saturated rings. The summed E-state index contributed by atoms with van der Waals surface area (Å²) in [5.41, 5.74) is 0.452. The number of nitrogens with one attached hydrogen (secondary N) is 1. The predicted molar refractivity (Wildman–Crippen MR) is 80.3 cm³/mol. The first kappa shape index (κ1) is 17.5. The predicted octanol–water partition coefficient (Wildman–Crippen LogP) is 1.98. The Hall–Kier alpha value is -1.60. The van der Waals surface area contributed by atoms with Gasteiger partial charge in [0.1, 0.15) is 5.75 Å². The van der Waals surface area contributed by atoms with Crippen LogP contribution in [0.25, 0.3) is 0 Å². The van der Waals surface area contributed by atoms with E-state index in [4.69, 9.17) is 9.47 Å². The van der Waals surface area contributed by atoms with E-state index in [1.54, 1.807) is 25.1 Å². The van der Waals surface area contributed by atoms with E-state index >= 15 is 0 Å². The van der Waals surface area contributed by atoms with Gasteiger partial charge in [0.15, 0.2) is 6.04 Å². The van der Waals surface area contributed by atoms with Crippen LogP contribution in [0.3, 0.4) is 0 Å². The van der Waals surface area contributed by atoms with E-state index in [2.05, 4.69) is 21.2 Å². The van der Waals surface area contributed by atoms with Crippen molar-refractivity contribution < 1.29 is 24.2 Å². The molecule has 116 valence electrons. The van der Waals surface area contributed by atoms with E-state index in [0.717, 1.165) is 0 Å². The molecule has 21 heavy (non-hydrogen) atoms. The molecule has 6 nitrogen and oxygen atoms in total. The first-order valence-corrected chi connectivity index (χ1v) is 7.05. The molecule has 1 aromatic carbocycles. The van der Waals surface area contributed by atoms with Crippen LogP contribution in [0, 0.1) is 5.92 Å². The average molecular weight is 360 g/mol. The largest absolute Gasteiger partial charge is 0.496 e. The van der Waals surface area contributed by atoms with Crippen molar-refractivity contribution in [2.24, 2.45) is 5.92 Å². The molecule has 2 unspecified atom stereocenters. The molecule has 7 heteroatoms. The normalized spacial score (nSPS) is 13.3. The Bertz CT molecular complexity index is 520. The number of amides is 1. The maximum absolute atomic E-state index is 11.9. The highest BCUT2D eigenvalue weighted by molar-refractivity contribution is 9.10. The van der Waals surface area contributed by atoms with Gasteiger partial charge in [-0.1, -0.05) is 13.0 Å². The summed E-state index contributed by atoms with van der Waals surface area (Å²) in [6.07, 6.45) is 0. The number of hydrogen-bond donors (Lipinski definition) is 2. The van der Waals surface area contributed by atoms with E-state index in [-0.39, 0.29) is 12.5 Å². The van der Waals surface area contributed by atoms with Gasteiger partial charge in [0.2, 0.25) is 5.91 Å². The minimum atomic E-state index is -1.13. The molecule has 0 saturated heterocycles. The fourth-order valence-corrected chi connectivity index (χ4v) is 2.32. The third-order valence-corrected chi connectivity index (χ3v) is 3.53. The number of ether oxygens (including phenoxy) is 2. The highest BCUT2D eigenvalue weighted by Crippen LogP contribution is 2.28. The second kappa shape index (κ2) is 7.99. The summed E-state index contributed by atoms with van der Waals surface area (Å²) in [5.74, 6) is -1.36. The maximum atomic E-state index is 11.9. The van der Waals surface area contributed by atoms with Crippen LogP contribution in [0.1, 0.15) is 18.5 Å². The zero-order valence-corrected chi connectivity index (χ0v) is 13.6. The molecular weight excluding hydrogens is 342 g/mol. The van der Waals surface area contributed by atoms with Gasteiger partial charge in [-0.25, -0.2) is 4.79 Å². The fourth-order valence-electron chi connectivity index (χ4n) is 1.76.